The van der Waals surface area contributed by atoms with Gasteiger partial charge in [0.1, 0.15) is 0 Å². The van der Waals surface area contributed by atoms with Crippen LogP contribution in [0, 0.1) is 18.6 Å². The van der Waals surface area contributed by atoms with Crippen LogP contribution in [-0.2, 0) is 6.54 Å². The number of imidazole rings is 1. The summed E-state index contributed by atoms with van der Waals surface area (Å²) in [6.45, 7) is 5.00. The Morgan fingerprint density at radius 2 is 2.21 bits per heavy atom. The molecule has 0 saturated heterocycles. The lowest BCUT2D eigenvalue weighted by Crippen LogP contribution is -1.98. The van der Waals surface area contributed by atoms with E-state index in [1.807, 2.05) is 10.6 Å². The molecule has 0 aromatic carbocycles. The van der Waals surface area contributed by atoms with Crippen LogP contribution in [0.15, 0.2) is 18.3 Å². The number of H-pyrrole nitrogens is 1. The van der Waals surface area contributed by atoms with Crippen molar-refractivity contribution in [2.24, 2.45) is 0 Å². The highest BCUT2D eigenvalue weighted by atomic mass is 35.5. The minimum Gasteiger partial charge on any atom is -0.329 e. The van der Waals surface area contributed by atoms with E-state index in [0.717, 1.165) is 17.7 Å². The molecule has 0 spiro atoms. The lowest BCUT2D eigenvalue weighted by Gasteiger charge is -2.01. The number of aromatic nitrogens is 3. The Bertz CT molecular complexity index is 794. The van der Waals surface area contributed by atoms with Crippen molar-refractivity contribution in [1.29, 1.82) is 0 Å². The van der Waals surface area contributed by atoms with Gasteiger partial charge >= 0.3 is 0 Å². The monoisotopic (exact) mass is 309 g/mol. The van der Waals surface area contributed by atoms with Gasteiger partial charge in [-0.25, -0.2) is 4.98 Å². The summed E-state index contributed by atoms with van der Waals surface area (Å²) in [5, 5.41) is 0.610. The molecule has 0 aliphatic carbocycles. The summed E-state index contributed by atoms with van der Waals surface area (Å²) in [6, 6.07) is 4.05. The Morgan fingerprint density at radius 3 is 2.89 bits per heavy atom. The Labute approximate surface area is 124 Å². The number of thiophene rings is 1. The number of aromatic amines is 1. The molecule has 3 aromatic rings. The fourth-order valence-electron chi connectivity index (χ4n) is 2.05. The molecule has 6 heteroatoms. The number of nitrogens with one attached hydrogen (secondary N) is 1. The molecular weight excluding hydrogens is 298 g/mol. The summed E-state index contributed by atoms with van der Waals surface area (Å²) in [7, 11) is 0. The Kier molecular flexibility index (Phi) is 3.20. The van der Waals surface area contributed by atoms with E-state index < -0.39 is 0 Å². The van der Waals surface area contributed by atoms with Gasteiger partial charge in [0.15, 0.2) is 10.4 Å². The summed E-state index contributed by atoms with van der Waals surface area (Å²) in [6.07, 6.45) is 1.65. The molecule has 0 unspecified atom stereocenters. The number of fused-ring (bicyclic) bond motifs is 1. The van der Waals surface area contributed by atoms with Gasteiger partial charge in [-0.15, -0.1) is 11.3 Å². The van der Waals surface area contributed by atoms with E-state index in [-0.39, 0.29) is 0 Å². The molecule has 0 fully saturated rings. The van der Waals surface area contributed by atoms with Crippen molar-refractivity contribution in [2.75, 3.05) is 0 Å². The van der Waals surface area contributed by atoms with Crippen molar-refractivity contribution in [2.45, 2.75) is 20.4 Å². The Balaban J connectivity index is 2.10. The topological polar surface area (TPSA) is 33.6 Å². The lowest BCUT2D eigenvalue weighted by molar-refractivity contribution is 0.812. The maximum absolute atomic E-state index is 5.94. The number of halogens is 1. The molecule has 0 radical (unpaired) electrons. The predicted octanol–water partition coefficient (Wildman–Crippen LogP) is 4.47. The number of rotatable bonds is 2. The number of hydrogen-bond donors (Lipinski definition) is 1. The van der Waals surface area contributed by atoms with E-state index in [2.05, 4.69) is 29.9 Å². The first kappa shape index (κ1) is 12.8. The zero-order valence-electron chi connectivity index (χ0n) is 10.5. The van der Waals surface area contributed by atoms with Gasteiger partial charge in [0, 0.05) is 16.0 Å². The molecular formula is C13H12ClN3S2. The van der Waals surface area contributed by atoms with Gasteiger partial charge in [0.25, 0.3) is 0 Å². The highest BCUT2D eigenvalue weighted by Crippen LogP contribution is 2.23. The fraction of sp³-hybridized carbons (Fsp3) is 0.231. The molecule has 19 heavy (non-hydrogen) atoms. The van der Waals surface area contributed by atoms with Gasteiger partial charge in [-0.3, -0.25) is 4.57 Å². The molecule has 3 nitrogen and oxygen atoms in total. The largest absolute Gasteiger partial charge is 0.329 e. The molecule has 0 amide bonds. The van der Waals surface area contributed by atoms with Crippen molar-refractivity contribution >= 4 is 46.3 Å². The molecule has 3 heterocycles. The normalized spacial score (nSPS) is 11.3. The highest BCUT2D eigenvalue weighted by molar-refractivity contribution is 7.71. The van der Waals surface area contributed by atoms with E-state index in [1.54, 1.807) is 17.5 Å². The van der Waals surface area contributed by atoms with Crippen molar-refractivity contribution in [3.8, 4) is 0 Å². The standard InChI is InChI=1S/C13H12ClN3S2/c1-7-3-10(19-8(7)2)6-17-12-11(16-13(17)18)4-9(14)5-15-12/h3-5H,6H2,1-2H3,(H,16,18). The van der Waals surface area contributed by atoms with Gasteiger partial charge in [-0.2, -0.15) is 0 Å². The van der Waals surface area contributed by atoms with Crippen LogP contribution in [0.5, 0.6) is 0 Å². The molecule has 3 rings (SSSR count). The minimum atomic E-state index is 0.610. The zero-order valence-corrected chi connectivity index (χ0v) is 12.9. The van der Waals surface area contributed by atoms with Crippen LogP contribution < -0.4 is 0 Å². The summed E-state index contributed by atoms with van der Waals surface area (Å²) in [4.78, 5) is 10.1. The third-order valence-corrected chi connectivity index (χ3v) is 4.77. The van der Waals surface area contributed by atoms with Crippen LogP contribution in [0.25, 0.3) is 11.2 Å². The summed E-state index contributed by atoms with van der Waals surface area (Å²) in [5.41, 5.74) is 3.04. The fourth-order valence-corrected chi connectivity index (χ4v) is 3.51. The Morgan fingerprint density at radius 1 is 1.42 bits per heavy atom. The molecule has 0 bridgehead atoms. The van der Waals surface area contributed by atoms with Crippen LogP contribution in [0.4, 0.5) is 0 Å². The van der Waals surface area contributed by atoms with Gasteiger partial charge in [-0.05, 0) is 43.8 Å². The second kappa shape index (κ2) is 4.74. The van der Waals surface area contributed by atoms with Crippen LogP contribution in [0.1, 0.15) is 15.3 Å². The first-order chi connectivity index (χ1) is 9.04. The third-order valence-electron chi connectivity index (χ3n) is 3.11. The SMILES string of the molecule is Cc1cc(Cn2c(=S)[nH]c3cc(Cl)cnc32)sc1C. The summed E-state index contributed by atoms with van der Waals surface area (Å²) < 4.78 is 2.68. The van der Waals surface area contributed by atoms with Gasteiger partial charge in [-0.1, -0.05) is 11.6 Å². The molecule has 0 aliphatic heterocycles. The van der Waals surface area contributed by atoms with Crippen LogP contribution in [0.2, 0.25) is 5.02 Å². The maximum atomic E-state index is 5.94. The van der Waals surface area contributed by atoms with Gasteiger partial charge in [0.05, 0.1) is 17.1 Å². The lowest BCUT2D eigenvalue weighted by atomic mass is 10.3. The number of aryl methyl sites for hydroxylation is 2. The minimum absolute atomic E-state index is 0.610. The number of nitrogens with zero attached hydrogens (tertiary/aromatic N) is 2. The second-order valence-electron chi connectivity index (χ2n) is 4.49. The average molecular weight is 310 g/mol. The second-order valence-corrected chi connectivity index (χ2v) is 6.66. The summed E-state index contributed by atoms with van der Waals surface area (Å²) in [5.74, 6) is 0. The van der Waals surface area contributed by atoms with Crippen LogP contribution >= 0.6 is 35.2 Å². The summed E-state index contributed by atoms with van der Waals surface area (Å²) >= 11 is 13.1. The van der Waals surface area contributed by atoms with Crippen LogP contribution in [0.3, 0.4) is 0 Å². The van der Waals surface area contributed by atoms with Gasteiger partial charge in [0.2, 0.25) is 0 Å². The molecule has 0 atom stereocenters. The van der Waals surface area contributed by atoms with Crippen molar-refractivity contribution in [3.05, 3.63) is 43.4 Å². The number of hydrogen-bond acceptors (Lipinski definition) is 3. The predicted molar refractivity (Wildman–Crippen MR) is 82.8 cm³/mol. The van der Waals surface area contributed by atoms with E-state index in [0.29, 0.717) is 9.79 Å². The highest BCUT2D eigenvalue weighted by Gasteiger charge is 2.09. The molecule has 0 aliphatic rings. The zero-order chi connectivity index (χ0) is 13.6. The molecule has 3 aromatic heterocycles. The molecule has 1 N–H and O–H groups in total. The third kappa shape index (κ3) is 2.33. The van der Waals surface area contributed by atoms with E-state index in [4.69, 9.17) is 23.8 Å². The van der Waals surface area contributed by atoms with Crippen molar-refractivity contribution < 1.29 is 0 Å². The maximum Gasteiger partial charge on any atom is 0.179 e. The van der Waals surface area contributed by atoms with Crippen LogP contribution in [-0.4, -0.2) is 14.5 Å². The first-order valence-electron chi connectivity index (χ1n) is 5.84. The first-order valence-corrected chi connectivity index (χ1v) is 7.45. The smallest absolute Gasteiger partial charge is 0.179 e. The Hall–Kier alpha value is -1.17. The molecule has 98 valence electrons. The van der Waals surface area contributed by atoms with E-state index >= 15 is 0 Å². The van der Waals surface area contributed by atoms with E-state index in [1.165, 1.54) is 15.3 Å². The van der Waals surface area contributed by atoms with Gasteiger partial charge < -0.3 is 4.98 Å². The molecule has 0 saturated carbocycles. The quantitative estimate of drug-likeness (QED) is 0.708. The van der Waals surface area contributed by atoms with Crippen molar-refractivity contribution in [3.63, 3.8) is 0 Å². The van der Waals surface area contributed by atoms with Crippen molar-refractivity contribution in [1.82, 2.24) is 14.5 Å². The van der Waals surface area contributed by atoms with E-state index in [9.17, 15) is 0 Å². The average Bonchev–Trinajstić information content (AvgIpc) is 2.81. The number of pyridine rings is 1.